The van der Waals surface area contributed by atoms with E-state index in [-0.39, 0.29) is 11.9 Å². The van der Waals surface area contributed by atoms with Crippen LogP contribution in [0.2, 0.25) is 0 Å². The van der Waals surface area contributed by atoms with E-state index in [4.69, 9.17) is 9.47 Å². The van der Waals surface area contributed by atoms with E-state index < -0.39 is 0 Å². The third kappa shape index (κ3) is 19.7. The molecule has 0 aromatic heterocycles. The van der Waals surface area contributed by atoms with Gasteiger partial charge in [-0.2, -0.15) is 0 Å². The molecule has 1 unspecified atom stereocenters. The van der Waals surface area contributed by atoms with Crippen molar-refractivity contribution in [1.29, 1.82) is 0 Å². The molecule has 0 saturated carbocycles. The largest absolute Gasteiger partial charge is 0.466 e. The van der Waals surface area contributed by atoms with Gasteiger partial charge in [0.05, 0.1) is 13.2 Å². The minimum atomic E-state index is -0.0494. The summed E-state index contributed by atoms with van der Waals surface area (Å²) >= 11 is 0. The number of esters is 2. The molecule has 0 aromatic rings. The summed E-state index contributed by atoms with van der Waals surface area (Å²) in [7, 11) is 0. The van der Waals surface area contributed by atoms with Gasteiger partial charge in [0.25, 0.3) is 0 Å². The van der Waals surface area contributed by atoms with Gasteiger partial charge in [0.15, 0.2) is 0 Å². The van der Waals surface area contributed by atoms with Crippen molar-refractivity contribution in [3.63, 3.8) is 0 Å². The highest BCUT2D eigenvalue weighted by Crippen LogP contribution is 2.16. The number of hydrogen-bond acceptors (Lipinski definition) is 4. The zero-order chi connectivity index (χ0) is 20.9. The molecule has 0 fully saturated rings. The van der Waals surface area contributed by atoms with Gasteiger partial charge in [-0.25, -0.2) is 0 Å². The summed E-state index contributed by atoms with van der Waals surface area (Å²) in [6, 6.07) is 0. The SMILES string of the molecule is CCOC(=O)CCCCCCCCCCCCCCCC(C)CC(=O)OCC. The first kappa shape index (κ1) is 26.9. The van der Waals surface area contributed by atoms with E-state index in [9.17, 15) is 9.59 Å². The quantitative estimate of drug-likeness (QED) is 0.164. The van der Waals surface area contributed by atoms with Crippen LogP contribution in [0.25, 0.3) is 0 Å². The van der Waals surface area contributed by atoms with Crippen LogP contribution in [0.3, 0.4) is 0 Å². The molecule has 0 saturated heterocycles. The molecule has 28 heavy (non-hydrogen) atoms. The number of carbonyl (C=O) groups is 2. The molecule has 0 spiro atoms. The fourth-order valence-corrected chi connectivity index (χ4v) is 3.55. The Morgan fingerprint density at radius 3 is 1.46 bits per heavy atom. The Morgan fingerprint density at radius 1 is 0.607 bits per heavy atom. The number of rotatable bonds is 20. The molecule has 0 aliphatic carbocycles. The van der Waals surface area contributed by atoms with E-state index in [2.05, 4.69) is 6.92 Å². The highest BCUT2D eigenvalue weighted by molar-refractivity contribution is 5.69. The summed E-state index contributed by atoms with van der Waals surface area (Å²) < 4.78 is 9.93. The third-order valence-corrected chi connectivity index (χ3v) is 5.20. The van der Waals surface area contributed by atoms with Gasteiger partial charge in [0, 0.05) is 12.8 Å². The maximum Gasteiger partial charge on any atom is 0.306 e. The Kier molecular flexibility index (Phi) is 19.9. The molecule has 0 aromatic carbocycles. The van der Waals surface area contributed by atoms with Crippen LogP contribution in [0.4, 0.5) is 0 Å². The van der Waals surface area contributed by atoms with E-state index in [1.165, 1.54) is 70.6 Å². The van der Waals surface area contributed by atoms with Gasteiger partial charge in [-0.3, -0.25) is 9.59 Å². The summed E-state index contributed by atoms with van der Waals surface area (Å²) in [6.07, 6.45) is 18.9. The zero-order valence-electron chi connectivity index (χ0n) is 18.9. The van der Waals surface area contributed by atoms with Crippen molar-refractivity contribution in [3.05, 3.63) is 0 Å². The molecule has 4 heteroatoms. The van der Waals surface area contributed by atoms with Crippen LogP contribution in [0, 0.1) is 5.92 Å². The van der Waals surface area contributed by atoms with Crippen LogP contribution in [-0.2, 0) is 19.1 Å². The predicted octanol–water partition coefficient (Wildman–Crippen LogP) is 6.99. The summed E-state index contributed by atoms with van der Waals surface area (Å²) in [5.74, 6) is 0.351. The minimum Gasteiger partial charge on any atom is -0.466 e. The summed E-state index contributed by atoms with van der Waals surface area (Å²) in [5.41, 5.74) is 0. The van der Waals surface area contributed by atoms with Crippen molar-refractivity contribution < 1.29 is 19.1 Å². The lowest BCUT2D eigenvalue weighted by Crippen LogP contribution is -2.09. The molecule has 0 radical (unpaired) electrons. The normalized spacial score (nSPS) is 12.0. The molecular formula is C24H46O4. The number of carbonyl (C=O) groups excluding carboxylic acids is 2. The van der Waals surface area contributed by atoms with Crippen molar-refractivity contribution in [2.45, 2.75) is 124 Å². The van der Waals surface area contributed by atoms with Crippen LogP contribution >= 0.6 is 0 Å². The van der Waals surface area contributed by atoms with E-state index >= 15 is 0 Å². The van der Waals surface area contributed by atoms with Gasteiger partial charge in [-0.05, 0) is 26.2 Å². The van der Waals surface area contributed by atoms with Crippen molar-refractivity contribution in [2.24, 2.45) is 5.92 Å². The van der Waals surface area contributed by atoms with Gasteiger partial charge >= 0.3 is 11.9 Å². The van der Waals surface area contributed by atoms with Gasteiger partial charge in [0.1, 0.15) is 0 Å². The van der Waals surface area contributed by atoms with E-state index in [1.54, 1.807) is 0 Å². The molecule has 0 N–H and O–H groups in total. The zero-order valence-corrected chi connectivity index (χ0v) is 18.9. The van der Waals surface area contributed by atoms with Crippen molar-refractivity contribution in [2.75, 3.05) is 13.2 Å². The second kappa shape index (κ2) is 20.7. The van der Waals surface area contributed by atoms with Gasteiger partial charge < -0.3 is 9.47 Å². The summed E-state index contributed by atoms with van der Waals surface area (Å²) in [4.78, 5) is 22.6. The van der Waals surface area contributed by atoms with Crippen LogP contribution in [0.5, 0.6) is 0 Å². The number of unbranched alkanes of at least 4 members (excludes halogenated alkanes) is 12. The lowest BCUT2D eigenvalue weighted by atomic mass is 9.99. The van der Waals surface area contributed by atoms with E-state index in [0.29, 0.717) is 32.0 Å². The summed E-state index contributed by atoms with van der Waals surface area (Å²) in [5, 5.41) is 0. The monoisotopic (exact) mass is 398 g/mol. The fourth-order valence-electron chi connectivity index (χ4n) is 3.55. The lowest BCUT2D eigenvalue weighted by molar-refractivity contribution is -0.144. The first-order chi connectivity index (χ1) is 13.6. The Bertz CT molecular complexity index is 368. The lowest BCUT2D eigenvalue weighted by Gasteiger charge is -2.10. The Balaban J connectivity index is 3.19. The van der Waals surface area contributed by atoms with Crippen molar-refractivity contribution in [1.82, 2.24) is 0 Å². The highest BCUT2D eigenvalue weighted by atomic mass is 16.5. The second-order valence-electron chi connectivity index (χ2n) is 8.05. The molecular weight excluding hydrogens is 352 g/mol. The van der Waals surface area contributed by atoms with Gasteiger partial charge in [-0.15, -0.1) is 0 Å². The van der Waals surface area contributed by atoms with Crippen LogP contribution in [0.1, 0.15) is 124 Å². The van der Waals surface area contributed by atoms with Crippen LogP contribution in [0.15, 0.2) is 0 Å². The molecule has 0 rings (SSSR count). The average molecular weight is 399 g/mol. The third-order valence-electron chi connectivity index (χ3n) is 5.20. The number of ether oxygens (including phenoxy) is 2. The Hall–Kier alpha value is -1.06. The van der Waals surface area contributed by atoms with Crippen molar-refractivity contribution in [3.8, 4) is 0 Å². The van der Waals surface area contributed by atoms with Crippen molar-refractivity contribution >= 4 is 11.9 Å². The maximum atomic E-state index is 11.4. The highest BCUT2D eigenvalue weighted by Gasteiger charge is 2.09. The maximum absolute atomic E-state index is 11.4. The van der Waals surface area contributed by atoms with Crippen LogP contribution in [-0.4, -0.2) is 25.2 Å². The molecule has 1 atom stereocenters. The Morgan fingerprint density at radius 2 is 1.00 bits per heavy atom. The second-order valence-corrected chi connectivity index (χ2v) is 8.05. The molecule has 0 amide bonds. The molecule has 0 bridgehead atoms. The topological polar surface area (TPSA) is 52.6 Å². The predicted molar refractivity (Wildman–Crippen MR) is 116 cm³/mol. The van der Waals surface area contributed by atoms with Gasteiger partial charge in [0.2, 0.25) is 0 Å². The molecule has 4 nitrogen and oxygen atoms in total. The molecule has 0 heterocycles. The van der Waals surface area contributed by atoms with E-state index in [0.717, 1.165) is 19.3 Å². The number of hydrogen-bond donors (Lipinski definition) is 0. The van der Waals surface area contributed by atoms with Gasteiger partial charge in [-0.1, -0.05) is 90.4 Å². The first-order valence-electron chi connectivity index (χ1n) is 11.9. The van der Waals surface area contributed by atoms with E-state index in [1.807, 2.05) is 13.8 Å². The minimum absolute atomic E-state index is 0.0475. The smallest absolute Gasteiger partial charge is 0.306 e. The van der Waals surface area contributed by atoms with Crippen LogP contribution < -0.4 is 0 Å². The molecule has 0 aliphatic rings. The first-order valence-corrected chi connectivity index (χ1v) is 11.9. The Labute approximate surface area is 174 Å². The molecule has 0 aliphatic heterocycles. The summed E-state index contributed by atoms with van der Waals surface area (Å²) in [6.45, 7) is 6.85. The average Bonchev–Trinajstić information content (AvgIpc) is 2.65. The fraction of sp³-hybridized carbons (Fsp3) is 0.917. The standard InChI is InChI=1S/C24H46O4/c1-4-27-23(25)20-18-16-14-12-10-8-6-7-9-11-13-15-17-19-22(3)21-24(26)28-5-2/h22H,4-21H2,1-3H3. The molecule has 166 valence electrons.